The van der Waals surface area contributed by atoms with Gasteiger partial charge in [-0.05, 0) is 18.8 Å². The number of nitrogens with one attached hydrogen (secondary N) is 1. The Balaban J connectivity index is 0.00000220. The van der Waals surface area contributed by atoms with Crippen LogP contribution in [0.25, 0.3) is 0 Å². The molecule has 0 aliphatic carbocycles. The third kappa shape index (κ3) is 5.12. The smallest absolute Gasteiger partial charge is 0.193 e. The fourth-order valence-corrected chi connectivity index (χ4v) is 2.58. The summed E-state index contributed by atoms with van der Waals surface area (Å²) in [5, 5.41) is 11.5. The van der Waals surface area contributed by atoms with Crippen LogP contribution in [-0.2, 0) is 13.0 Å². The largest absolute Gasteiger partial charge is 0.354 e. The minimum Gasteiger partial charge on any atom is -0.354 e. The second-order valence-corrected chi connectivity index (χ2v) is 5.44. The molecule has 1 saturated heterocycles. The molecule has 0 atom stereocenters. The van der Waals surface area contributed by atoms with Crippen molar-refractivity contribution in [3.8, 4) is 0 Å². The molecule has 0 spiro atoms. The van der Waals surface area contributed by atoms with E-state index < -0.39 is 0 Å². The van der Waals surface area contributed by atoms with E-state index in [0.717, 1.165) is 50.3 Å². The molecule has 0 bridgehead atoms. The van der Waals surface area contributed by atoms with E-state index in [-0.39, 0.29) is 24.0 Å². The van der Waals surface area contributed by atoms with Crippen LogP contribution in [0.3, 0.4) is 0 Å². The molecular formula is C14H27IN6. The van der Waals surface area contributed by atoms with Gasteiger partial charge in [0, 0.05) is 39.6 Å². The summed E-state index contributed by atoms with van der Waals surface area (Å²) in [5.74, 6) is 2.89. The highest BCUT2D eigenvalue weighted by Gasteiger charge is 2.18. The molecule has 1 aromatic heterocycles. The zero-order valence-electron chi connectivity index (χ0n) is 13.2. The molecular weight excluding hydrogens is 379 g/mol. The van der Waals surface area contributed by atoms with E-state index in [1.165, 1.54) is 12.8 Å². The summed E-state index contributed by atoms with van der Waals surface area (Å²) in [4.78, 5) is 6.74. The number of likely N-dealkylation sites (tertiary alicyclic amines) is 1. The molecule has 0 aromatic carbocycles. The highest BCUT2D eigenvalue weighted by Crippen LogP contribution is 2.15. The molecule has 7 heteroatoms. The first-order valence-corrected chi connectivity index (χ1v) is 7.56. The van der Waals surface area contributed by atoms with Crippen molar-refractivity contribution in [3.63, 3.8) is 0 Å². The van der Waals surface area contributed by atoms with Crippen molar-refractivity contribution < 1.29 is 0 Å². The molecule has 0 unspecified atom stereocenters. The third-order valence-corrected chi connectivity index (χ3v) is 3.94. The van der Waals surface area contributed by atoms with Crippen LogP contribution in [0.5, 0.6) is 0 Å². The van der Waals surface area contributed by atoms with Crippen LogP contribution in [0.1, 0.15) is 32.5 Å². The zero-order chi connectivity index (χ0) is 14.4. The molecule has 0 radical (unpaired) electrons. The van der Waals surface area contributed by atoms with Crippen LogP contribution >= 0.6 is 24.0 Å². The number of hydrogen-bond acceptors (Lipinski definition) is 3. The van der Waals surface area contributed by atoms with Crippen LogP contribution in [0.4, 0.5) is 0 Å². The predicted molar refractivity (Wildman–Crippen MR) is 96.1 cm³/mol. The maximum atomic E-state index is 4.39. The minimum absolute atomic E-state index is 0. The molecule has 0 amide bonds. The Hall–Kier alpha value is -0.860. The van der Waals surface area contributed by atoms with Crippen LogP contribution in [0, 0.1) is 5.92 Å². The first-order chi connectivity index (χ1) is 9.74. The van der Waals surface area contributed by atoms with Crippen LogP contribution in [-0.4, -0.2) is 52.3 Å². The molecule has 2 heterocycles. The Labute approximate surface area is 144 Å². The number of hydrogen-bond donors (Lipinski definition) is 1. The van der Waals surface area contributed by atoms with Gasteiger partial charge in [-0.1, -0.05) is 13.8 Å². The van der Waals surface area contributed by atoms with Gasteiger partial charge in [0.1, 0.15) is 12.2 Å². The van der Waals surface area contributed by atoms with E-state index in [0.29, 0.717) is 0 Å². The molecule has 1 N–H and O–H groups in total. The van der Waals surface area contributed by atoms with Gasteiger partial charge in [-0.25, -0.2) is 0 Å². The van der Waals surface area contributed by atoms with Crippen molar-refractivity contribution in [2.45, 2.75) is 39.7 Å². The topological polar surface area (TPSA) is 58.3 Å². The van der Waals surface area contributed by atoms with Gasteiger partial charge in [-0.3, -0.25) is 4.99 Å². The number of aromatic nitrogens is 3. The lowest BCUT2D eigenvalue weighted by Crippen LogP contribution is -2.46. The highest BCUT2D eigenvalue weighted by atomic mass is 127. The number of nitrogens with zero attached hydrogens (tertiary/aromatic N) is 5. The van der Waals surface area contributed by atoms with Crippen molar-refractivity contribution in [2.24, 2.45) is 10.9 Å². The Morgan fingerprint density at radius 2 is 2.14 bits per heavy atom. The van der Waals surface area contributed by atoms with Gasteiger partial charge < -0.3 is 14.8 Å². The number of guanidine groups is 1. The van der Waals surface area contributed by atoms with Crippen molar-refractivity contribution in [3.05, 3.63) is 12.2 Å². The maximum Gasteiger partial charge on any atom is 0.193 e. The van der Waals surface area contributed by atoms with E-state index in [1.807, 2.05) is 7.05 Å². The van der Waals surface area contributed by atoms with Crippen molar-refractivity contribution in [2.75, 3.05) is 26.7 Å². The fraction of sp³-hybridized carbons (Fsp3) is 0.786. The molecule has 21 heavy (non-hydrogen) atoms. The van der Waals surface area contributed by atoms with Crippen LogP contribution < -0.4 is 5.32 Å². The molecule has 6 nitrogen and oxygen atoms in total. The van der Waals surface area contributed by atoms with Gasteiger partial charge in [-0.15, -0.1) is 34.2 Å². The number of piperidine rings is 1. The maximum absolute atomic E-state index is 4.39. The van der Waals surface area contributed by atoms with Crippen LogP contribution in [0.15, 0.2) is 11.3 Å². The monoisotopic (exact) mass is 406 g/mol. The van der Waals surface area contributed by atoms with E-state index in [1.54, 1.807) is 6.33 Å². The molecule has 1 aromatic rings. The second-order valence-electron chi connectivity index (χ2n) is 5.44. The average molecular weight is 406 g/mol. The zero-order valence-corrected chi connectivity index (χ0v) is 15.6. The summed E-state index contributed by atoms with van der Waals surface area (Å²) in [6.07, 6.45) is 5.23. The Morgan fingerprint density at radius 1 is 1.43 bits per heavy atom. The quantitative estimate of drug-likeness (QED) is 0.471. The van der Waals surface area contributed by atoms with Crippen molar-refractivity contribution >= 4 is 29.9 Å². The minimum atomic E-state index is 0. The number of aliphatic imine (C=N–C) groups is 1. The first kappa shape index (κ1) is 18.2. The predicted octanol–water partition coefficient (Wildman–Crippen LogP) is 1.77. The standard InChI is InChI=1S/C14H26N6.HI/c1-4-13-18-17-11-20(13)10-7-16-14(15-3)19-8-5-12(2)6-9-19;/h11-12H,4-10H2,1-3H3,(H,15,16);1H. The number of aryl methyl sites for hydroxylation is 1. The summed E-state index contributed by atoms with van der Waals surface area (Å²) >= 11 is 0. The molecule has 1 aliphatic rings. The molecule has 120 valence electrons. The number of halogens is 1. The van der Waals surface area contributed by atoms with E-state index >= 15 is 0 Å². The fourth-order valence-electron chi connectivity index (χ4n) is 2.58. The third-order valence-electron chi connectivity index (χ3n) is 3.94. The van der Waals surface area contributed by atoms with Crippen molar-refractivity contribution in [1.29, 1.82) is 0 Å². The van der Waals surface area contributed by atoms with E-state index in [2.05, 4.69) is 43.8 Å². The van der Waals surface area contributed by atoms with Crippen LogP contribution in [0.2, 0.25) is 0 Å². The summed E-state index contributed by atoms with van der Waals surface area (Å²) in [7, 11) is 1.86. The lowest BCUT2D eigenvalue weighted by atomic mass is 10.00. The lowest BCUT2D eigenvalue weighted by molar-refractivity contribution is 0.273. The molecule has 1 fully saturated rings. The first-order valence-electron chi connectivity index (χ1n) is 7.56. The molecule has 1 aliphatic heterocycles. The Morgan fingerprint density at radius 3 is 2.76 bits per heavy atom. The summed E-state index contributed by atoms with van der Waals surface area (Å²) in [5.41, 5.74) is 0. The molecule has 2 rings (SSSR count). The van der Waals surface area contributed by atoms with Crippen molar-refractivity contribution in [1.82, 2.24) is 25.0 Å². The molecule has 0 saturated carbocycles. The van der Waals surface area contributed by atoms with Gasteiger partial charge in [-0.2, -0.15) is 0 Å². The van der Waals surface area contributed by atoms with E-state index in [4.69, 9.17) is 0 Å². The SMILES string of the molecule is CCc1nncn1CCNC(=NC)N1CCC(C)CC1.I. The van der Waals surface area contributed by atoms with Gasteiger partial charge in [0.05, 0.1) is 0 Å². The number of rotatable bonds is 4. The summed E-state index contributed by atoms with van der Waals surface area (Å²) in [6.45, 7) is 8.36. The Kier molecular flexibility index (Phi) is 7.98. The normalized spacial score (nSPS) is 16.7. The summed E-state index contributed by atoms with van der Waals surface area (Å²) in [6, 6.07) is 0. The lowest BCUT2D eigenvalue weighted by Gasteiger charge is -2.32. The Bertz CT molecular complexity index is 436. The van der Waals surface area contributed by atoms with Gasteiger partial charge in [0.25, 0.3) is 0 Å². The van der Waals surface area contributed by atoms with Gasteiger partial charge in [0.2, 0.25) is 0 Å². The van der Waals surface area contributed by atoms with Gasteiger partial charge >= 0.3 is 0 Å². The van der Waals surface area contributed by atoms with Gasteiger partial charge in [0.15, 0.2) is 5.96 Å². The van der Waals surface area contributed by atoms with E-state index in [9.17, 15) is 0 Å². The highest BCUT2D eigenvalue weighted by molar-refractivity contribution is 14.0. The average Bonchev–Trinajstić information content (AvgIpc) is 2.92. The second kappa shape index (κ2) is 9.22. The summed E-state index contributed by atoms with van der Waals surface area (Å²) < 4.78 is 2.10.